The lowest BCUT2D eigenvalue weighted by atomic mass is 10.1. The zero-order valence-corrected chi connectivity index (χ0v) is 13.6. The summed E-state index contributed by atoms with van der Waals surface area (Å²) in [6.45, 7) is 4.73. The Balaban J connectivity index is 0.000000827. The van der Waals surface area contributed by atoms with E-state index in [2.05, 4.69) is 12.2 Å². The monoisotopic (exact) mass is 277 g/mol. The summed E-state index contributed by atoms with van der Waals surface area (Å²) in [5.74, 6) is 0. The molecule has 1 saturated heterocycles. The molecule has 4 nitrogen and oxygen atoms in total. The Bertz CT molecular complexity index is 165. The van der Waals surface area contributed by atoms with Crippen LogP contribution in [-0.2, 0) is 13.3 Å². The third-order valence-corrected chi connectivity index (χ3v) is 5.85. The van der Waals surface area contributed by atoms with Gasteiger partial charge in [0.2, 0.25) is 0 Å². The van der Waals surface area contributed by atoms with Crippen LogP contribution in [0.2, 0.25) is 6.04 Å². The van der Waals surface area contributed by atoms with E-state index in [1.807, 2.05) is 0 Å². The molecule has 0 radical (unpaired) electrons. The quantitative estimate of drug-likeness (QED) is 0.379. The predicted molar refractivity (Wildman–Crippen MR) is 77.8 cm³/mol. The first-order valence-electron chi connectivity index (χ1n) is 7.10. The largest absolute Gasteiger partial charge is 0.500 e. The third kappa shape index (κ3) is 10.0. The maximum atomic E-state index is 5.36. The summed E-state index contributed by atoms with van der Waals surface area (Å²) < 4.78 is 16.1. The molecule has 1 fully saturated rings. The van der Waals surface area contributed by atoms with E-state index in [9.17, 15) is 0 Å². The van der Waals surface area contributed by atoms with Gasteiger partial charge in [0.15, 0.2) is 0 Å². The summed E-state index contributed by atoms with van der Waals surface area (Å²) in [6, 6.07) is 0.933. The van der Waals surface area contributed by atoms with E-state index in [0.717, 1.165) is 12.5 Å². The Morgan fingerprint density at radius 2 is 1.28 bits per heavy atom. The van der Waals surface area contributed by atoms with Crippen molar-refractivity contribution < 1.29 is 13.3 Å². The van der Waals surface area contributed by atoms with Crippen LogP contribution in [0, 0.1) is 0 Å². The highest BCUT2D eigenvalue weighted by Gasteiger charge is 2.36. The average Bonchev–Trinajstić information content (AvgIpc) is 3.27. The minimum absolute atomic E-state index is 0.933. The van der Waals surface area contributed by atoms with E-state index in [0.29, 0.717) is 0 Å². The van der Waals surface area contributed by atoms with Crippen LogP contribution in [-0.4, -0.2) is 43.2 Å². The Hall–Kier alpha value is 0.0569. The lowest BCUT2D eigenvalue weighted by Gasteiger charge is -2.24. The molecule has 0 atom stereocenters. The van der Waals surface area contributed by atoms with Crippen LogP contribution in [0.3, 0.4) is 0 Å². The molecule has 18 heavy (non-hydrogen) atoms. The fourth-order valence-corrected chi connectivity index (χ4v) is 3.47. The number of hydrogen-bond acceptors (Lipinski definition) is 4. The molecule has 0 spiro atoms. The molecule has 1 aliphatic heterocycles. The summed E-state index contributed by atoms with van der Waals surface area (Å²) in [6.07, 6.45) is 7.71. The van der Waals surface area contributed by atoms with Gasteiger partial charge in [-0.2, -0.15) is 0 Å². The fourth-order valence-electron chi connectivity index (χ4n) is 1.68. The Labute approximate surface area is 114 Å². The first-order chi connectivity index (χ1) is 8.74. The molecule has 0 unspecified atom stereocenters. The minimum atomic E-state index is -2.29. The molecule has 0 aromatic carbocycles. The van der Waals surface area contributed by atoms with E-state index >= 15 is 0 Å². The standard InChI is InChI=1S/C11H26O3Si.C2H5N/c1-5-6-7-8-9-10-11-15(12-2,13-3)14-4;1-2-3-1/h5-11H2,1-4H3;3H,1-2H2. The van der Waals surface area contributed by atoms with Gasteiger partial charge in [-0.05, 0) is 6.42 Å². The van der Waals surface area contributed by atoms with Gasteiger partial charge < -0.3 is 18.6 Å². The molecule has 1 N–H and O–H groups in total. The molecule has 110 valence electrons. The molecule has 1 heterocycles. The van der Waals surface area contributed by atoms with Gasteiger partial charge >= 0.3 is 8.80 Å². The second-order valence-corrected chi connectivity index (χ2v) is 7.65. The summed E-state index contributed by atoms with van der Waals surface area (Å²) in [5.41, 5.74) is 0. The van der Waals surface area contributed by atoms with Gasteiger partial charge in [-0.15, -0.1) is 0 Å². The van der Waals surface area contributed by atoms with Crippen LogP contribution in [0.4, 0.5) is 0 Å². The Morgan fingerprint density at radius 1 is 0.833 bits per heavy atom. The Morgan fingerprint density at radius 3 is 1.67 bits per heavy atom. The summed E-state index contributed by atoms with van der Waals surface area (Å²) >= 11 is 0. The molecule has 5 heteroatoms. The van der Waals surface area contributed by atoms with Crippen LogP contribution in [0.1, 0.15) is 45.4 Å². The molecule has 1 rings (SSSR count). The molecular formula is C13H31NO3Si. The van der Waals surface area contributed by atoms with Crippen molar-refractivity contribution in [2.75, 3.05) is 34.4 Å². The minimum Gasteiger partial charge on any atom is -0.377 e. The van der Waals surface area contributed by atoms with Crippen molar-refractivity contribution in [3.05, 3.63) is 0 Å². The highest BCUT2D eigenvalue weighted by atomic mass is 28.4. The highest BCUT2D eigenvalue weighted by molar-refractivity contribution is 6.60. The van der Waals surface area contributed by atoms with Crippen LogP contribution < -0.4 is 5.32 Å². The summed E-state index contributed by atoms with van der Waals surface area (Å²) in [7, 11) is 2.74. The Kier molecular flexibility index (Phi) is 12.1. The van der Waals surface area contributed by atoms with Crippen molar-refractivity contribution >= 4 is 8.80 Å². The van der Waals surface area contributed by atoms with E-state index < -0.39 is 8.80 Å². The number of hydrogen-bond donors (Lipinski definition) is 1. The van der Waals surface area contributed by atoms with Crippen molar-refractivity contribution in [2.24, 2.45) is 0 Å². The number of nitrogens with one attached hydrogen (secondary N) is 1. The topological polar surface area (TPSA) is 49.6 Å². The molecule has 0 aromatic rings. The lowest BCUT2D eigenvalue weighted by Crippen LogP contribution is -2.42. The fraction of sp³-hybridized carbons (Fsp3) is 1.00. The maximum absolute atomic E-state index is 5.36. The third-order valence-electron chi connectivity index (χ3n) is 3.02. The second-order valence-electron chi connectivity index (χ2n) is 4.56. The van der Waals surface area contributed by atoms with Gasteiger partial charge in [0.05, 0.1) is 0 Å². The average molecular weight is 277 g/mol. The van der Waals surface area contributed by atoms with Crippen LogP contribution in [0.25, 0.3) is 0 Å². The predicted octanol–water partition coefficient (Wildman–Crippen LogP) is 2.81. The molecule has 0 amide bonds. The van der Waals surface area contributed by atoms with E-state index in [1.54, 1.807) is 21.3 Å². The van der Waals surface area contributed by atoms with Gasteiger partial charge in [0.25, 0.3) is 0 Å². The van der Waals surface area contributed by atoms with Crippen molar-refractivity contribution in [1.29, 1.82) is 0 Å². The first kappa shape index (κ1) is 18.1. The molecule has 0 bridgehead atoms. The van der Waals surface area contributed by atoms with Crippen molar-refractivity contribution in [3.63, 3.8) is 0 Å². The molecule has 1 aliphatic rings. The van der Waals surface area contributed by atoms with Crippen LogP contribution >= 0.6 is 0 Å². The zero-order valence-electron chi connectivity index (χ0n) is 12.6. The van der Waals surface area contributed by atoms with Crippen LogP contribution in [0.15, 0.2) is 0 Å². The van der Waals surface area contributed by atoms with Crippen molar-refractivity contribution in [2.45, 2.75) is 51.5 Å². The molecular weight excluding hydrogens is 246 g/mol. The molecule has 0 aliphatic carbocycles. The lowest BCUT2D eigenvalue weighted by molar-refractivity contribution is 0.122. The summed E-state index contributed by atoms with van der Waals surface area (Å²) in [5, 5.41) is 3.00. The van der Waals surface area contributed by atoms with E-state index in [-0.39, 0.29) is 0 Å². The normalized spacial score (nSPS) is 14.0. The SMILES string of the molecule is C1CN1.CCCCCCCC[Si](OC)(OC)OC. The van der Waals surface area contributed by atoms with Gasteiger partial charge in [-0.1, -0.05) is 39.0 Å². The van der Waals surface area contributed by atoms with Gasteiger partial charge in [-0.3, -0.25) is 0 Å². The van der Waals surface area contributed by atoms with E-state index in [4.69, 9.17) is 13.3 Å². The van der Waals surface area contributed by atoms with Crippen LogP contribution in [0.5, 0.6) is 0 Å². The van der Waals surface area contributed by atoms with Crippen molar-refractivity contribution in [3.8, 4) is 0 Å². The summed E-state index contributed by atoms with van der Waals surface area (Å²) in [4.78, 5) is 0. The maximum Gasteiger partial charge on any atom is 0.500 e. The second kappa shape index (κ2) is 12.1. The van der Waals surface area contributed by atoms with Gasteiger partial charge in [0.1, 0.15) is 0 Å². The van der Waals surface area contributed by atoms with Gasteiger partial charge in [-0.25, -0.2) is 0 Å². The van der Waals surface area contributed by atoms with Crippen molar-refractivity contribution in [1.82, 2.24) is 5.32 Å². The molecule has 0 aromatic heterocycles. The number of rotatable bonds is 10. The molecule has 0 saturated carbocycles. The van der Waals surface area contributed by atoms with E-state index in [1.165, 1.54) is 45.2 Å². The van der Waals surface area contributed by atoms with Gasteiger partial charge in [0, 0.05) is 40.5 Å². The highest BCUT2D eigenvalue weighted by Crippen LogP contribution is 2.17. The first-order valence-corrected chi connectivity index (χ1v) is 9.04. The zero-order chi connectivity index (χ0) is 13.7. The number of unbranched alkanes of at least 4 members (excludes halogenated alkanes) is 5. The smallest absolute Gasteiger partial charge is 0.377 e.